The Bertz CT molecular complexity index is 235. The Morgan fingerprint density at radius 1 is 1.47 bits per heavy atom. The van der Waals surface area contributed by atoms with Gasteiger partial charge in [-0.25, -0.2) is 4.79 Å². The predicted molar refractivity (Wildman–Crippen MR) is 54.1 cm³/mol. The van der Waals surface area contributed by atoms with Crippen LogP contribution in [0.3, 0.4) is 0 Å². The third kappa shape index (κ3) is 9.01. The number of rotatable bonds is 4. The van der Waals surface area contributed by atoms with E-state index in [1.54, 1.807) is 20.8 Å². The molecule has 0 spiro atoms. The number of amides is 2. The van der Waals surface area contributed by atoms with Gasteiger partial charge in [-0.15, -0.1) is 0 Å². The van der Waals surface area contributed by atoms with Crippen molar-refractivity contribution in [3.05, 3.63) is 0 Å². The molecule has 0 saturated heterocycles. The molecule has 6 heteroatoms. The van der Waals surface area contributed by atoms with Crippen LogP contribution in [0, 0.1) is 0 Å². The van der Waals surface area contributed by atoms with E-state index in [-0.39, 0.29) is 13.0 Å². The molecule has 88 valence electrons. The number of nitrogens with one attached hydrogen (secondary N) is 1. The fourth-order valence-corrected chi connectivity index (χ4v) is 0.820. The van der Waals surface area contributed by atoms with Gasteiger partial charge in [0.1, 0.15) is 5.60 Å². The molecule has 0 rings (SSSR count). The second-order valence-electron chi connectivity index (χ2n) is 4.21. The molecular weight excluding hydrogens is 200 g/mol. The van der Waals surface area contributed by atoms with Crippen molar-refractivity contribution in [3.8, 4) is 0 Å². The van der Waals surface area contributed by atoms with Crippen molar-refractivity contribution in [1.82, 2.24) is 5.32 Å². The highest BCUT2D eigenvalue weighted by atomic mass is 16.6. The molecule has 0 aromatic carbocycles. The molecule has 0 unspecified atom stereocenters. The summed E-state index contributed by atoms with van der Waals surface area (Å²) < 4.78 is 4.92. The number of alkyl carbamates (subject to hydrolysis) is 1. The topological polar surface area (TPSA) is 102 Å². The van der Waals surface area contributed by atoms with Gasteiger partial charge in [0.15, 0.2) is 0 Å². The van der Waals surface area contributed by atoms with Gasteiger partial charge in [0.2, 0.25) is 5.91 Å². The van der Waals surface area contributed by atoms with Gasteiger partial charge in [-0.05, 0) is 20.8 Å². The van der Waals surface area contributed by atoms with Gasteiger partial charge in [0, 0.05) is 6.54 Å². The maximum Gasteiger partial charge on any atom is 0.407 e. The number of nitrogens with two attached hydrogens (primary N) is 1. The van der Waals surface area contributed by atoms with Crippen molar-refractivity contribution in [2.24, 2.45) is 5.73 Å². The second kappa shape index (κ2) is 5.55. The second-order valence-corrected chi connectivity index (χ2v) is 4.21. The van der Waals surface area contributed by atoms with Gasteiger partial charge in [0.25, 0.3) is 0 Å². The van der Waals surface area contributed by atoms with Crippen LogP contribution in [0.15, 0.2) is 0 Å². The summed E-state index contributed by atoms with van der Waals surface area (Å²) in [5.74, 6) is -0.617. The molecule has 15 heavy (non-hydrogen) atoms. The van der Waals surface area contributed by atoms with Gasteiger partial charge in [-0.3, -0.25) is 4.79 Å². The highest BCUT2D eigenvalue weighted by Crippen LogP contribution is 2.06. The van der Waals surface area contributed by atoms with Crippen molar-refractivity contribution in [2.75, 3.05) is 6.54 Å². The molecule has 0 heterocycles. The minimum atomic E-state index is -0.977. The summed E-state index contributed by atoms with van der Waals surface area (Å²) in [4.78, 5) is 21.5. The average Bonchev–Trinajstić information content (AvgIpc) is 1.96. The molecule has 0 aliphatic heterocycles. The van der Waals surface area contributed by atoms with E-state index in [0.29, 0.717) is 0 Å². The lowest BCUT2D eigenvalue weighted by Crippen LogP contribution is -2.38. The quantitative estimate of drug-likeness (QED) is 0.605. The van der Waals surface area contributed by atoms with Crippen molar-refractivity contribution < 1.29 is 19.4 Å². The van der Waals surface area contributed by atoms with Crippen molar-refractivity contribution in [3.63, 3.8) is 0 Å². The van der Waals surface area contributed by atoms with Crippen LogP contribution in [0.25, 0.3) is 0 Å². The fourth-order valence-electron chi connectivity index (χ4n) is 0.820. The van der Waals surface area contributed by atoms with E-state index in [1.807, 2.05) is 0 Å². The molecule has 2 amide bonds. The molecule has 0 aromatic heterocycles. The number of aliphatic hydroxyl groups excluding tert-OH is 1. The summed E-state index contributed by atoms with van der Waals surface area (Å²) in [6.07, 6.45) is -1.79. The Hall–Kier alpha value is -1.30. The zero-order chi connectivity index (χ0) is 12.1. The highest BCUT2D eigenvalue weighted by Gasteiger charge is 2.17. The summed E-state index contributed by atoms with van der Waals surface area (Å²) in [6.45, 7) is 5.13. The number of carbonyl (C=O) groups excluding carboxylic acids is 2. The van der Waals surface area contributed by atoms with E-state index in [1.165, 1.54) is 0 Å². The van der Waals surface area contributed by atoms with Crippen LogP contribution in [-0.4, -0.2) is 35.4 Å². The van der Waals surface area contributed by atoms with Crippen LogP contribution >= 0.6 is 0 Å². The first-order valence-electron chi connectivity index (χ1n) is 4.64. The summed E-state index contributed by atoms with van der Waals surface area (Å²) in [5, 5.41) is 11.5. The Morgan fingerprint density at radius 3 is 2.40 bits per heavy atom. The normalized spacial score (nSPS) is 13.1. The Kier molecular flexibility index (Phi) is 5.07. The number of ether oxygens (including phenoxy) is 1. The third-order valence-electron chi connectivity index (χ3n) is 1.32. The highest BCUT2D eigenvalue weighted by molar-refractivity contribution is 5.74. The van der Waals surface area contributed by atoms with Crippen molar-refractivity contribution >= 4 is 12.0 Å². The van der Waals surface area contributed by atoms with E-state index in [9.17, 15) is 14.7 Å². The summed E-state index contributed by atoms with van der Waals surface area (Å²) >= 11 is 0. The molecule has 1 atom stereocenters. The molecule has 0 aliphatic carbocycles. The first kappa shape index (κ1) is 13.7. The number of carbonyl (C=O) groups is 2. The van der Waals surface area contributed by atoms with E-state index in [2.05, 4.69) is 5.32 Å². The van der Waals surface area contributed by atoms with Gasteiger partial charge in [0.05, 0.1) is 12.5 Å². The van der Waals surface area contributed by atoms with E-state index in [0.717, 1.165) is 0 Å². The summed E-state index contributed by atoms with van der Waals surface area (Å²) in [5.41, 5.74) is 4.27. The Morgan fingerprint density at radius 2 is 2.00 bits per heavy atom. The zero-order valence-corrected chi connectivity index (χ0v) is 9.24. The molecule has 0 fully saturated rings. The van der Waals surface area contributed by atoms with E-state index < -0.39 is 23.7 Å². The zero-order valence-electron chi connectivity index (χ0n) is 9.24. The van der Waals surface area contributed by atoms with Crippen LogP contribution in [0.1, 0.15) is 27.2 Å². The SMILES string of the molecule is CC(C)(C)OC(=O)NC[C@@H](O)CC(N)=O. The third-order valence-corrected chi connectivity index (χ3v) is 1.32. The Balaban J connectivity index is 3.76. The lowest BCUT2D eigenvalue weighted by molar-refractivity contribution is -0.119. The average molecular weight is 218 g/mol. The molecule has 0 radical (unpaired) electrons. The molecule has 0 saturated carbocycles. The first-order valence-corrected chi connectivity index (χ1v) is 4.64. The summed E-state index contributed by atoms with van der Waals surface area (Å²) in [7, 11) is 0. The van der Waals surface area contributed by atoms with Crippen LogP contribution in [-0.2, 0) is 9.53 Å². The minimum absolute atomic E-state index is 0.0577. The maximum absolute atomic E-state index is 11.1. The molecule has 6 nitrogen and oxygen atoms in total. The maximum atomic E-state index is 11.1. The standard InChI is InChI=1S/C9H18N2O4/c1-9(2,3)15-8(14)11-5-6(12)4-7(10)13/h6,12H,4-5H2,1-3H3,(H2,10,13)(H,11,14)/t6-/m0/s1. The van der Waals surface area contributed by atoms with Crippen molar-refractivity contribution in [2.45, 2.75) is 38.9 Å². The van der Waals surface area contributed by atoms with Crippen LogP contribution in [0.4, 0.5) is 4.79 Å². The number of aliphatic hydroxyl groups is 1. The minimum Gasteiger partial charge on any atom is -0.444 e. The Labute approximate surface area is 88.8 Å². The smallest absolute Gasteiger partial charge is 0.407 e. The number of hydrogen-bond acceptors (Lipinski definition) is 4. The van der Waals surface area contributed by atoms with Gasteiger partial charge < -0.3 is 20.9 Å². The molecule has 0 aliphatic rings. The van der Waals surface area contributed by atoms with Gasteiger partial charge in [-0.2, -0.15) is 0 Å². The van der Waals surface area contributed by atoms with Gasteiger partial charge >= 0.3 is 6.09 Å². The van der Waals surface area contributed by atoms with E-state index in [4.69, 9.17) is 10.5 Å². The lowest BCUT2D eigenvalue weighted by atomic mass is 10.2. The van der Waals surface area contributed by atoms with E-state index >= 15 is 0 Å². The number of hydrogen-bond donors (Lipinski definition) is 3. The van der Waals surface area contributed by atoms with Gasteiger partial charge in [-0.1, -0.05) is 0 Å². The summed E-state index contributed by atoms with van der Waals surface area (Å²) in [6, 6.07) is 0. The predicted octanol–water partition coefficient (Wildman–Crippen LogP) is -0.253. The number of primary amides is 1. The van der Waals surface area contributed by atoms with Crippen LogP contribution in [0.5, 0.6) is 0 Å². The lowest BCUT2D eigenvalue weighted by Gasteiger charge is -2.20. The molecule has 0 bridgehead atoms. The molecular formula is C9H18N2O4. The fraction of sp³-hybridized carbons (Fsp3) is 0.778. The van der Waals surface area contributed by atoms with Crippen LogP contribution < -0.4 is 11.1 Å². The molecule has 0 aromatic rings. The monoisotopic (exact) mass is 218 g/mol. The van der Waals surface area contributed by atoms with Crippen LogP contribution in [0.2, 0.25) is 0 Å². The molecule has 4 N–H and O–H groups in total. The first-order chi connectivity index (χ1) is 6.70. The van der Waals surface area contributed by atoms with Crippen molar-refractivity contribution in [1.29, 1.82) is 0 Å². The largest absolute Gasteiger partial charge is 0.444 e.